The van der Waals surface area contributed by atoms with Gasteiger partial charge in [-0.25, -0.2) is 4.39 Å². The second-order valence-corrected chi connectivity index (χ2v) is 5.51. The van der Waals surface area contributed by atoms with Gasteiger partial charge in [-0.2, -0.15) is 0 Å². The highest BCUT2D eigenvalue weighted by molar-refractivity contribution is 9.10. The average molecular weight is 360 g/mol. The lowest BCUT2D eigenvalue weighted by molar-refractivity contribution is 0.626. The van der Waals surface area contributed by atoms with Gasteiger partial charge in [0.25, 0.3) is 0 Å². The monoisotopic (exact) mass is 358 g/mol. The quantitative estimate of drug-likeness (QED) is 0.785. The molecule has 0 bridgehead atoms. The molecule has 0 atom stereocenters. The van der Waals surface area contributed by atoms with Crippen molar-refractivity contribution in [2.45, 2.75) is 0 Å². The number of nitrogens with two attached hydrogens (primary N) is 1. The van der Waals surface area contributed by atoms with Gasteiger partial charge in [0.1, 0.15) is 10.8 Å². The van der Waals surface area contributed by atoms with E-state index in [0.29, 0.717) is 10.7 Å². The van der Waals surface area contributed by atoms with Crippen LogP contribution in [0.2, 0.25) is 5.02 Å². The number of benzene rings is 2. The van der Waals surface area contributed by atoms with Crippen molar-refractivity contribution in [1.82, 2.24) is 0 Å². The standard InChI is InChI=1S/C13H9BrClFN2S/c14-8-6-7(15)4-5-10(8)18-11-3-1-2-9(16)12(11)13(17)19/h1-6,18H,(H2,17,19). The number of anilines is 2. The number of nitrogens with one attached hydrogen (secondary N) is 1. The third-order valence-corrected chi connectivity index (χ3v) is 3.56. The highest BCUT2D eigenvalue weighted by Crippen LogP contribution is 2.30. The van der Waals surface area contributed by atoms with Gasteiger partial charge in [-0.15, -0.1) is 0 Å². The molecule has 0 aliphatic heterocycles. The van der Waals surface area contributed by atoms with E-state index in [1.54, 1.807) is 30.3 Å². The number of halogens is 3. The number of hydrogen-bond acceptors (Lipinski definition) is 2. The molecule has 19 heavy (non-hydrogen) atoms. The fraction of sp³-hybridized carbons (Fsp3) is 0. The van der Waals surface area contributed by atoms with E-state index in [2.05, 4.69) is 21.2 Å². The Morgan fingerprint density at radius 2 is 2.00 bits per heavy atom. The summed E-state index contributed by atoms with van der Waals surface area (Å²) in [6.07, 6.45) is 0. The molecule has 0 unspecified atom stereocenters. The number of rotatable bonds is 3. The first kappa shape index (κ1) is 14.2. The van der Waals surface area contributed by atoms with Crippen LogP contribution in [0.25, 0.3) is 0 Å². The van der Waals surface area contributed by atoms with E-state index in [9.17, 15) is 4.39 Å². The van der Waals surface area contributed by atoms with Gasteiger partial charge in [0, 0.05) is 9.50 Å². The van der Waals surface area contributed by atoms with Crippen LogP contribution in [0.15, 0.2) is 40.9 Å². The summed E-state index contributed by atoms with van der Waals surface area (Å²) in [5.41, 5.74) is 7.00. The molecule has 98 valence electrons. The highest BCUT2D eigenvalue weighted by atomic mass is 79.9. The Morgan fingerprint density at radius 1 is 1.26 bits per heavy atom. The van der Waals surface area contributed by atoms with E-state index in [0.717, 1.165) is 10.2 Å². The van der Waals surface area contributed by atoms with Crippen LogP contribution in [0.3, 0.4) is 0 Å². The van der Waals surface area contributed by atoms with Crippen molar-refractivity contribution in [2.24, 2.45) is 5.73 Å². The van der Waals surface area contributed by atoms with Crippen LogP contribution in [0.1, 0.15) is 5.56 Å². The molecule has 0 saturated carbocycles. The first-order chi connectivity index (χ1) is 8.99. The maximum atomic E-state index is 13.7. The van der Waals surface area contributed by atoms with Crippen molar-refractivity contribution < 1.29 is 4.39 Å². The Balaban J connectivity index is 2.44. The van der Waals surface area contributed by atoms with E-state index >= 15 is 0 Å². The van der Waals surface area contributed by atoms with Crippen LogP contribution in [-0.4, -0.2) is 4.99 Å². The van der Waals surface area contributed by atoms with Crippen LogP contribution in [0.4, 0.5) is 15.8 Å². The lowest BCUT2D eigenvalue weighted by Crippen LogP contribution is -2.14. The Labute approximate surface area is 128 Å². The molecule has 0 saturated heterocycles. The van der Waals surface area contributed by atoms with Gasteiger partial charge in [-0.05, 0) is 46.3 Å². The normalized spacial score (nSPS) is 10.3. The Hall–Kier alpha value is -1.17. The molecule has 0 fully saturated rings. The van der Waals surface area contributed by atoms with E-state index in [1.807, 2.05) is 0 Å². The molecule has 2 rings (SSSR count). The minimum absolute atomic E-state index is 0.00526. The molecule has 3 N–H and O–H groups in total. The topological polar surface area (TPSA) is 38.0 Å². The van der Waals surface area contributed by atoms with E-state index in [4.69, 9.17) is 29.6 Å². The molecule has 2 aromatic carbocycles. The van der Waals surface area contributed by atoms with Crippen molar-refractivity contribution in [3.63, 3.8) is 0 Å². The second-order valence-electron chi connectivity index (χ2n) is 3.78. The summed E-state index contributed by atoms with van der Waals surface area (Å²) in [4.78, 5) is 0.00526. The first-order valence-electron chi connectivity index (χ1n) is 5.29. The molecule has 0 aromatic heterocycles. The number of thiocarbonyl (C=S) groups is 1. The Kier molecular flexibility index (Phi) is 4.39. The molecule has 6 heteroatoms. The zero-order valence-electron chi connectivity index (χ0n) is 9.58. The van der Waals surface area contributed by atoms with Crippen molar-refractivity contribution in [1.29, 1.82) is 0 Å². The van der Waals surface area contributed by atoms with Crippen LogP contribution in [-0.2, 0) is 0 Å². The zero-order chi connectivity index (χ0) is 14.0. The lowest BCUT2D eigenvalue weighted by atomic mass is 10.1. The molecule has 2 nitrogen and oxygen atoms in total. The van der Waals surface area contributed by atoms with Crippen LogP contribution in [0.5, 0.6) is 0 Å². The molecule has 0 aliphatic rings. The summed E-state index contributed by atoms with van der Waals surface area (Å²) >= 11 is 14.1. The molecule has 0 heterocycles. The summed E-state index contributed by atoms with van der Waals surface area (Å²) in [7, 11) is 0. The van der Waals surface area contributed by atoms with Gasteiger partial charge in [-0.1, -0.05) is 29.9 Å². The molecule has 0 amide bonds. The summed E-state index contributed by atoms with van der Waals surface area (Å²) in [5, 5.41) is 3.68. The van der Waals surface area contributed by atoms with Crippen molar-refractivity contribution in [3.8, 4) is 0 Å². The fourth-order valence-corrected chi connectivity index (χ4v) is 2.60. The number of hydrogen-bond donors (Lipinski definition) is 2. The second kappa shape index (κ2) is 5.86. The van der Waals surface area contributed by atoms with Crippen molar-refractivity contribution >= 4 is 56.1 Å². The van der Waals surface area contributed by atoms with Gasteiger partial charge in [0.2, 0.25) is 0 Å². The maximum absolute atomic E-state index is 13.7. The molecule has 0 aliphatic carbocycles. The zero-order valence-corrected chi connectivity index (χ0v) is 12.7. The Bertz CT molecular complexity index is 649. The van der Waals surface area contributed by atoms with Gasteiger partial charge in [-0.3, -0.25) is 0 Å². The van der Waals surface area contributed by atoms with E-state index in [-0.39, 0.29) is 10.6 Å². The Morgan fingerprint density at radius 3 is 2.63 bits per heavy atom. The van der Waals surface area contributed by atoms with Gasteiger partial charge in [0.15, 0.2) is 0 Å². The van der Waals surface area contributed by atoms with Gasteiger partial charge in [0.05, 0.1) is 16.9 Å². The SMILES string of the molecule is NC(=S)c1c(F)cccc1Nc1ccc(Cl)cc1Br. The summed E-state index contributed by atoms with van der Waals surface area (Å²) in [5.74, 6) is -0.456. The lowest BCUT2D eigenvalue weighted by Gasteiger charge is -2.13. The van der Waals surface area contributed by atoms with Crippen LogP contribution in [0, 0.1) is 5.82 Å². The van der Waals surface area contributed by atoms with Crippen LogP contribution >= 0.6 is 39.7 Å². The van der Waals surface area contributed by atoms with Crippen molar-refractivity contribution in [2.75, 3.05) is 5.32 Å². The predicted molar refractivity (Wildman–Crippen MR) is 84.7 cm³/mol. The van der Waals surface area contributed by atoms with E-state index in [1.165, 1.54) is 6.07 Å². The smallest absolute Gasteiger partial charge is 0.135 e. The maximum Gasteiger partial charge on any atom is 0.135 e. The summed E-state index contributed by atoms with van der Waals surface area (Å²) in [6, 6.07) is 9.86. The van der Waals surface area contributed by atoms with Crippen LogP contribution < -0.4 is 11.1 Å². The van der Waals surface area contributed by atoms with Crippen molar-refractivity contribution in [3.05, 3.63) is 57.3 Å². The molecular weight excluding hydrogens is 351 g/mol. The predicted octanol–water partition coefficient (Wildman–Crippen LogP) is 4.62. The largest absolute Gasteiger partial charge is 0.389 e. The first-order valence-corrected chi connectivity index (χ1v) is 6.87. The molecule has 2 aromatic rings. The summed E-state index contributed by atoms with van der Waals surface area (Å²) in [6.45, 7) is 0. The summed E-state index contributed by atoms with van der Waals surface area (Å²) < 4.78 is 14.5. The van der Waals surface area contributed by atoms with Gasteiger partial charge >= 0.3 is 0 Å². The molecule has 0 spiro atoms. The highest BCUT2D eigenvalue weighted by Gasteiger charge is 2.12. The minimum Gasteiger partial charge on any atom is -0.389 e. The molecule has 0 radical (unpaired) electrons. The third kappa shape index (κ3) is 3.23. The average Bonchev–Trinajstić information content (AvgIpc) is 2.32. The minimum atomic E-state index is -0.456. The third-order valence-electron chi connectivity index (χ3n) is 2.46. The molecular formula is C13H9BrClFN2S. The van der Waals surface area contributed by atoms with Gasteiger partial charge < -0.3 is 11.1 Å². The fourth-order valence-electron chi connectivity index (χ4n) is 1.61. The van der Waals surface area contributed by atoms with E-state index < -0.39 is 5.82 Å².